The molecule has 0 saturated carbocycles. The maximum Gasteiger partial charge on any atom is 0.231 e. The largest absolute Gasteiger partial charge is 0.497 e. The fraction of sp³-hybridized carbons (Fsp3) is 0.278. The van der Waals surface area contributed by atoms with E-state index >= 15 is 0 Å². The highest BCUT2D eigenvalue weighted by atomic mass is 16.7. The number of benzene rings is 2. The van der Waals surface area contributed by atoms with E-state index in [1.54, 1.807) is 7.11 Å². The predicted molar refractivity (Wildman–Crippen MR) is 85.0 cm³/mol. The second-order valence-corrected chi connectivity index (χ2v) is 5.63. The summed E-state index contributed by atoms with van der Waals surface area (Å²) in [6, 6.07) is 13.5. The summed E-state index contributed by atoms with van der Waals surface area (Å²) in [5.74, 6) is 2.42. The van der Waals surface area contributed by atoms with Crippen molar-refractivity contribution in [2.75, 3.05) is 18.8 Å². The number of methoxy groups -OCH3 is 1. The molecule has 1 unspecified atom stereocenters. The SMILES string of the molecule is COc1ccc(N2C(=O)CCC2c2ccc3c(c2)OCO3)cc1. The molecule has 2 aliphatic rings. The average molecular weight is 311 g/mol. The van der Waals surface area contributed by atoms with E-state index in [2.05, 4.69) is 0 Å². The van der Waals surface area contributed by atoms with Gasteiger partial charge in [-0.25, -0.2) is 0 Å². The van der Waals surface area contributed by atoms with Crippen LogP contribution >= 0.6 is 0 Å². The van der Waals surface area contributed by atoms with Crippen molar-refractivity contribution in [2.45, 2.75) is 18.9 Å². The highest BCUT2D eigenvalue weighted by Gasteiger charge is 2.34. The number of rotatable bonds is 3. The molecule has 118 valence electrons. The van der Waals surface area contributed by atoms with Crippen molar-refractivity contribution >= 4 is 11.6 Å². The lowest BCUT2D eigenvalue weighted by atomic mass is 10.0. The van der Waals surface area contributed by atoms with Crippen molar-refractivity contribution in [1.82, 2.24) is 0 Å². The highest BCUT2D eigenvalue weighted by Crippen LogP contribution is 2.41. The zero-order chi connectivity index (χ0) is 15.8. The molecule has 5 heteroatoms. The van der Waals surface area contributed by atoms with Crippen LogP contribution in [0.5, 0.6) is 17.2 Å². The third-order valence-electron chi connectivity index (χ3n) is 4.34. The van der Waals surface area contributed by atoms with Gasteiger partial charge in [0, 0.05) is 12.1 Å². The Morgan fingerprint density at radius 2 is 1.87 bits per heavy atom. The number of fused-ring (bicyclic) bond motifs is 1. The number of amides is 1. The number of hydrogen-bond acceptors (Lipinski definition) is 4. The van der Waals surface area contributed by atoms with Crippen LogP contribution in [0.3, 0.4) is 0 Å². The molecule has 0 aromatic heterocycles. The molecule has 0 N–H and O–H groups in total. The lowest BCUT2D eigenvalue weighted by Crippen LogP contribution is -2.27. The summed E-state index contributed by atoms with van der Waals surface area (Å²) < 4.78 is 16.0. The third-order valence-corrected chi connectivity index (χ3v) is 4.34. The predicted octanol–water partition coefficient (Wildman–Crippen LogP) is 3.29. The Bertz CT molecular complexity index is 741. The van der Waals surface area contributed by atoms with Crippen LogP contribution in [0.15, 0.2) is 42.5 Å². The third kappa shape index (κ3) is 2.38. The molecular formula is C18H17NO4. The Balaban J connectivity index is 1.68. The summed E-state index contributed by atoms with van der Waals surface area (Å²) in [5.41, 5.74) is 1.95. The normalized spacial score (nSPS) is 19.3. The molecule has 0 aliphatic carbocycles. The van der Waals surface area contributed by atoms with Crippen molar-refractivity contribution in [1.29, 1.82) is 0 Å². The van der Waals surface area contributed by atoms with Gasteiger partial charge in [-0.1, -0.05) is 6.07 Å². The minimum atomic E-state index is 0.0189. The molecule has 0 radical (unpaired) electrons. The lowest BCUT2D eigenvalue weighted by molar-refractivity contribution is -0.117. The molecular weight excluding hydrogens is 294 g/mol. The number of nitrogens with zero attached hydrogens (tertiary/aromatic N) is 1. The van der Waals surface area contributed by atoms with Crippen LogP contribution in [-0.4, -0.2) is 19.8 Å². The molecule has 1 atom stereocenters. The van der Waals surface area contributed by atoms with E-state index in [1.165, 1.54) is 0 Å². The fourth-order valence-corrected chi connectivity index (χ4v) is 3.19. The van der Waals surface area contributed by atoms with Crippen molar-refractivity contribution < 1.29 is 19.0 Å². The van der Waals surface area contributed by atoms with Gasteiger partial charge in [-0.3, -0.25) is 4.79 Å². The van der Waals surface area contributed by atoms with Crippen LogP contribution in [-0.2, 0) is 4.79 Å². The minimum absolute atomic E-state index is 0.0189. The highest BCUT2D eigenvalue weighted by molar-refractivity contribution is 5.96. The van der Waals surface area contributed by atoms with Gasteiger partial charge < -0.3 is 19.1 Å². The van der Waals surface area contributed by atoms with Crippen LogP contribution < -0.4 is 19.1 Å². The van der Waals surface area contributed by atoms with Crippen molar-refractivity contribution in [2.24, 2.45) is 0 Å². The van der Waals surface area contributed by atoms with Crippen LogP contribution in [0.2, 0.25) is 0 Å². The number of carbonyl (C=O) groups is 1. The Kier molecular flexibility index (Phi) is 3.33. The summed E-state index contributed by atoms with van der Waals surface area (Å²) in [7, 11) is 1.63. The Labute approximate surface area is 134 Å². The number of carbonyl (C=O) groups excluding carboxylic acids is 1. The molecule has 0 bridgehead atoms. The smallest absolute Gasteiger partial charge is 0.231 e. The molecule has 23 heavy (non-hydrogen) atoms. The molecule has 2 heterocycles. The first kappa shape index (κ1) is 13.9. The van der Waals surface area contributed by atoms with E-state index < -0.39 is 0 Å². The molecule has 0 spiro atoms. The van der Waals surface area contributed by atoms with Crippen molar-refractivity contribution in [3.8, 4) is 17.2 Å². The number of hydrogen-bond donors (Lipinski definition) is 0. The van der Waals surface area contributed by atoms with Crippen LogP contribution in [0.25, 0.3) is 0 Å². The van der Waals surface area contributed by atoms with Gasteiger partial charge in [-0.2, -0.15) is 0 Å². The van der Waals surface area contributed by atoms with E-state index in [4.69, 9.17) is 14.2 Å². The van der Waals surface area contributed by atoms with E-state index in [9.17, 15) is 4.79 Å². The van der Waals surface area contributed by atoms with Gasteiger partial charge in [0.25, 0.3) is 0 Å². The zero-order valence-electron chi connectivity index (χ0n) is 12.8. The van der Waals surface area contributed by atoms with Crippen molar-refractivity contribution in [3.05, 3.63) is 48.0 Å². The molecule has 2 aromatic rings. The topological polar surface area (TPSA) is 48.0 Å². The van der Waals surface area contributed by atoms with Crippen molar-refractivity contribution in [3.63, 3.8) is 0 Å². The van der Waals surface area contributed by atoms with Crippen LogP contribution in [0.4, 0.5) is 5.69 Å². The van der Waals surface area contributed by atoms with Gasteiger partial charge in [0.15, 0.2) is 11.5 Å². The molecule has 1 fully saturated rings. The van der Waals surface area contributed by atoms with Crippen LogP contribution in [0, 0.1) is 0 Å². The van der Waals surface area contributed by atoms with E-state index in [0.29, 0.717) is 6.42 Å². The van der Waals surface area contributed by atoms with Gasteiger partial charge >= 0.3 is 0 Å². The number of ether oxygens (including phenoxy) is 3. The molecule has 1 saturated heterocycles. The summed E-state index contributed by atoms with van der Waals surface area (Å²) in [4.78, 5) is 14.2. The molecule has 2 aromatic carbocycles. The standard InChI is InChI=1S/C18H17NO4/c1-21-14-5-3-13(4-6-14)19-15(7-9-18(19)20)12-2-8-16-17(10-12)23-11-22-16/h2-6,8,10,15H,7,9,11H2,1H3. The molecule has 4 rings (SSSR count). The fourth-order valence-electron chi connectivity index (χ4n) is 3.19. The summed E-state index contributed by atoms with van der Waals surface area (Å²) in [6.07, 6.45) is 1.34. The van der Waals surface area contributed by atoms with E-state index in [0.717, 1.165) is 34.9 Å². The van der Waals surface area contributed by atoms with Gasteiger partial charge in [0.1, 0.15) is 5.75 Å². The second-order valence-electron chi connectivity index (χ2n) is 5.63. The lowest BCUT2D eigenvalue weighted by Gasteiger charge is -2.25. The second kappa shape index (κ2) is 5.50. The maximum absolute atomic E-state index is 12.4. The zero-order valence-corrected chi connectivity index (χ0v) is 12.8. The summed E-state index contributed by atoms with van der Waals surface area (Å²) in [5, 5.41) is 0. The molecule has 1 amide bonds. The monoisotopic (exact) mass is 311 g/mol. The summed E-state index contributed by atoms with van der Waals surface area (Å²) in [6.45, 7) is 0.255. The first-order chi connectivity index (χ1) is 11.3. The van der Waals surface area contributed by atoms with E-state index in [1.807, 2.05) is 47.4 Å². The quantitative estimate of drug-likeness (QED) is 0.872. The van der Waals surface area contributed by atoms with Gasteiger partial charge in [-0.05, 0) is 48.4 Å². The van der Waals surface area contributed by atoms with E-state index in [-0.39, 0.29) is 18.7 Å². The summed E-state index contributed by atoms with van der Waals surface area (Å²) >= 11 is 0. The van der Waals surface area contributed by atoms with Gasteiger partial charge in [-0.15, -0.1) is 0 Å². The molecule has 2 aliphatic heterocycles. The average Bonchev–Trinajstić information content (AvgIpc) is 3.20. The van der Waals surface area contributed by atoms with Gasteiger partial charge in [0.2, 0.25) is 12.7 Å². The Morgan fingerprint density at radius 1 is 1.09 bits per heavy atom. The maximum atomic E-state index is 12.4. The Morgan fingerprint density at radius 3 is 2.65 bits per heavy atom. The van der Waals surface area contributed by atoms with Crippen LogP contribution in [0.1, 0.15) is 24.4 Å². The molecule has 5 nitrogen and oxygen atoms in total. The van der Waals surface area contributed by atoms with Gasteiger partial charge in [0.05, 0.1) is 13.2 Å². The minimum Gasteiger partial charge on any atom is -0.497 e. The number of anilines is 1. The Hall–Kier alpha value is -2.69. The first-order valence-corrected chi connectivity index (χ1v) is 7.62. The first-order valence-electron chi connectivity index (χ1n) is 7.62.